The summed E-state index contributed by atoms with van der Waals surface area (Å²) in [5, 5.41) is 7.11. The second-order valence-corrected chi connectivity index (χ2v) is 6.40. The molecule has 0 spiro atoms. The zero-order chi connectivity index (χ0) is 14.1. The maximum absolute atomic E-state index is 4.62. The molecule has 0 fully saturated rings. The van der Waals surface area contributed by atoms with Crippen LogP contribution in [-0.2, 0) is 0 Å². The second kappa shape index (κ2) is 5.27. The first kappa shape index (κ1) is 12.5. The van der Waals surface area contributed by atoms with Gasteiger partial charge in [-0.05, 0) is 12.1 Å². The molecule has 0 aliphatic carbocycles. The number of hydrogen-bond donors (Lipinski definition) is 1. The number of nitrogens with zero attached hydrogens (tertiary/aromatic N) is 2. The van der Waals surface area contributed by atoms with Gasteiger partial charge in [-0.3, -0.25) is 0 Å². The lowest BCUT2D eigenvalue weighted by atomic mass is 10.2. The van der Waals surface area contributed by atoms with Crippen LogP contribution in [0.25, 0.3) is 21.5 Å². The molecule has 0 aliphatic rings. The fourth-order valence-electron chi connectivity index (χ4n) is 2.09. The standard InChI is InChI=1S/C16H11N3S2/c1-2-6-11(7-3-1)13-10-20-15(18-13)19-16-17-12-8-4-5-9-14(12)21-16/h1-10H,(H,17,18,19). The van der Waals surface area contributed by atoms with Gasteiger partial charge in [-0.2, -0.15) is 0 Å². The van der Waals surface area contributed by atoms with Crippen LogP contribution in [0.3, 0.4) is 0 Å². The van der Waals surface area contributed by atoms with Gasteiger partial charge in [-0.25, -0.2) is 9.97 Å². The molecule has 5 heteroatoms. The van der Waals surface area contributed by atoms with Crippen LogP contribution < -0.4 is 5.32 Å². The quantitative estimate of drug-likeness (QED) is 0.568. The molecule has 0 unspecified atom stereocenters. The van der Waals surface area contributed by atoms with Crippen LogP contribution in [0.4, 0.5) is 10.3 Å². The molecule has 0 saturated heterocycles. The minimum absolute atomic E-state index is 0.868. The number of anilines is 2. The zero-order valence-electron chi connectivity index (χ0n) is 11.0. The van der Waals surface area contributed by atoms with Gasteiger partial charge in [0.1, 0.15) is 0 Å². The molecular weight excluding hydrogens is 298 g/mol. The summed E-state index contributed by atoms with van der Waals surface area (Å²) in [7, 11) is 0. The Morgan fingerprint density at radius 1 is 0.810 bits per heavy atom. The van der Waals surface area contributed by atoms with Crippen molar-refractivity contribution in [1.82, 2.24) is 9.97 Å². The summed E-state index contributed by atoms with van der Waals surface area (Å²) in [5.74, 6) is 0. The molecule has 2 heterocycles. The normalized spacial score (nSPS) is 10.9. The fraction of sp³-hybridized carbons (Fsp3) is 0. The van der Waals surface area contributed by atoms with E-state index in [9.17, 15) is 0 Å². The highest BCUT2D eigenvalue weighted by Crippen LogP contribution is 2.31. The summed E-state index contributed by atoms with van der Waals surface area (Å²) in [6.45, 7) is 0. The highest BCUT2D eigenvalue weighted by atomic mass is 32.1. The maximum Gasteiger partial charge on any atom is 0.190 e. The first-order chi connectivity index (χ1) is 10.4. The number of fused-ring (bicyclic) bond motifs is 1. The predicted octanol–water partition coefficient (Wildman–Crippen LogP) is 5.16. The van der Waals surface area contributed by atoms with Gasteiger partial charge in [-0.15, -0.1) is 11.3 Å². The Labute approximate surface area is 129 Å². The maximum atomic E-state index is 4.62. The van der Waals surface area contributed by atoms with E-state index < -0.39 is 0 Å². The Morgan fingerprint density at radius 2 is 1.62 bits per heavy atom. The molecule has 4 aromatic rings. The van der Waals surface area contributed by atoms with Crippen LogP contribution in [-0.4, -0.2) is 9.97 Å². The Kier molecular flexibility index (Phi) is 3.14. The zero-order valence-corrected chi connectivity index (χ0v) is 12.6. The Hall–Kier alpha value is -2.24. The molecule has 0 radical (unpaired) electrons. The first-order valence-electron chi connectivity index (χ1n) is 6.52. The lowest BCUT2D eigenvalue weighted by Crippen LogP contribution is -1.88. The third-order valence-electron chi connectivity index (χ3n) is 3.08. The molecule has 0 bridgehead atoms. The van der Waals surface area contributed by atoms with Crippen LogP contribution >= 0.6 is 22.7 Å². The fourth-order valence-corrected chi connectivity index (χ4v) is 3.74. The van der Waals surface area contributed by atoms with Crippen molar-refractivity contribution in [2.45, 2.75) is 0 Å². The third kappa shape index (κ3) is 2.53. The summed E-state index contributed by atoms with van der Waals surface area (Å²) in [6.07, 6.45) is 0. The number of para-hydroxylation sites is 1. The lowest BCUT2D eigenvalue weighted by Gasteiger charge is -1.96. The highest BCUT2D eigenvalue weighted by Gasteiger charge is 2.07. The molecule has 0 amide bonds. The number of thiazole rings is 2. The van der Waals surface area contributed by atoms with Crippen LogP contribution in [0.2, 0.25) is 0 Å². The van der Waals surface area contributed by atoms with E-state index in [1.807, 2.05) is 36.4 Å². The van der Waals surface area contributed by atoms with Crippen molar-refractivity contribution >= 4 is 43.2 Å². The van der Waals surface area contributed by atoms with Crippen LogP contribution in [0.1, 0.15) is 0 Å². The van der Waals surface area contributed by atoms with Crippen molar-refractivity contribution in [1.29, 1.82) is 0 Å². The van der Waals surface area contributed by atoms with E-state index >= 15 is 0 Å². The van der Waals surface area contributed by atoms with Crippen molar-refractivity contribution in [3.05, 3.63) is 60.0 Å². The van der Waals surface area contributed by atoms with E-state index in [4.69, 9.17) is 0 Å². The average Bonchev–Trinajstić information content (AvgIpc) is 3.14. The largest absolute Gasteiger partial charge is 0.307 e. The molecule has 1 N–H and O–H groups in total. The monoisotopic (exact) mass is 309 g/mol. The lowest BCUT2D eigenvalue weighted by molar-refractivity contribution is 1.36. The van der Waals surface area contributed by atoms with E-state index in [1.165, 1.54) is 4.70 Å². The van der Waals surface area contributed by atoms with Gasteiger partial charge in [0.25, 0.3) is 0 Å². The first-order valence-corrected chi connectivity index (χ1v) is 8.22. The molecule has 102 valence electrons. The van der Waals surface area contributed by atoms with Crippen molar-refractivity contribution in [2.75, 3.05) is 5.32 Å². The average molecular weight is 309 g/mol. The Balaban J connectivity index is 1.61. The number of rotatable bonds is 3. The van der Waals surface area contributed by atoms with Gasteiger partial charge in [0.15, 0.2) is 10.3 Å². The van der Waals surface area contributed by atoms with E-state index in [1.54, 1.807) is 22.7 Å². The number of benzene rings is 2. The highest BCUT2D eigenvalue weighted by molar-refractivity contribution is 7.22. The summed E-state index contributed by atoms with van der Waals surface area (Å²) in [6, 6.07) is 18.3. The number of hydrogen-bond acceptors (Lipinski definition) is 5. The van der Waals surface area contributed by atoms with Crippen LogP contribution in [0.15, 0.2) is 60.0 Å². The molecule has 4 rings (SSSR count). The van der Waals surface area contributed by atoms with Crippen molar-refractivity contribution in [3.63, 3.8) is 0 Å². The van der Waals surface area contributed by atoms with Gasteiger partial charge in [0.2, 0.25) is 0 Å². The minimum Gasteiger partial charge on any atom is -0.307 e. The third-order valence-corrected chi connectivity index (χ3v) is 4.79. The predicted molar refractivity (Wildman–Crippen MR) is 90.5 cm³/mol. The number of aromatic nitrogens is 2. The van der Waals surface area contributed by atoms with Gasteiger partial charge < -0.3 is 5.32 Å². The molecule has 21 heavy (non-hydrogen) atoms. The molecule has 0 saturated carbocycles. The molecule has 2 aromatic carbocycles. The Morgan fingerprint density at radius 3 is 2.48 bits per heavy atom. The summed E-state index contributed by atoms with van der Waals surface area (Å²) < 4.78 is 1.18. The topological polar surface area (TPSA) is 37.8 Å². The van der Waals surface area contributed by atoms with Crippen LogP contribution in [0.5, 0.6) is 0 Å². The van der Waals surface area contributed by atoms with Crippen molar-refractivity contribution in [2.24, 2.45) is 0 Å². The molecule has 3 nitrogen and oxygen atoms in total. The van der Waals surface area contributed by atoms with E-state index in [0.29, 0.717) is 0 Å². The van der Waals surface area contributed by atoms with E-state index in [0.717, 1.165) is 27.0 Å². The molecule has 0 atom stereocenters. The smallest absolute Gasteiger partial charge is 0.190 e. The molecular formula is C16H11N3S2. The number of nitrogens with one attached hydrogen (secondary N) is 1. The Bertz CT molecular complexity index is 848. The second-order valence-electron chi connectivity index (χ2n) is 4.52. The van der Waals surface area contributed by atoms with Gasteiger partial charge in [0, 0.05) is 10.9 Å². The van der Waals surface area contributed by atoms with Gasteiger partial charge in [-0.1, -0.05) is 53.8 Å². The van der Waals surface area contributed by atoms with E-state index in [-0.39, 0.29) is 0 Å². The SMILES string of the molecule is c1ccc(-c2csc(Nc3nc4ccccc4s3)n2)cc1. The minimum atomic E-state index is 0.868. The summed E-state index contributed by atoms with van der Waals surface area (Å²) in [4.78, 5) is 9.18. The van der Waals surface area contributed by atoms with Crippen LogP contribution in [0, 0.1) is 0 Å². The van der Waals surface area contributed by atoms with Crippen molar-refractivity contribution < 1.29 is 0 Å². The van der Waals surface area contributed by atoms with Gasteiger partial charge >= 0.3 is 0 Å². The molecule has 2 aromatic heterocycles. The van der Waals surface area contributed by atoms with Crippen molar-refractivity contribution in [3.8, 4) is 11.3 Å². The molecule has 0 aliphatic heterocycles. The summed E-state index contributed by atoms with van der Waals surface area (Å²) in [5.41, 5.74) is 3.14. The van der Waals surface area contributed by atoms with E-state index in [2.05, 4.69) is 38.9 Å². The van der Waals surface area contributed by atoms with Gasteiger partial charge in [0.05, 0.1) is 15.9 Å². The summed E-state index contributed by atoms with van der Waals surface area (Å²) >= 11 is 3.24.